The number of aromatic amines is 1. The fourth-order valence-corrected chi connectivity index (χ4v) is 3.89. The lowest BCUT2D eigenvalue weighted by molar-refractivity contribution is 0.102. The number of aromatic nitrogens is 4. The highest BCUT2D eigenvalue weighted by Gasteiger charge is 2.12. The second-order valence-electron chi connectivity index (χ2n) is 8.02. The van der Waals surface area contributed by atoms with E-state index in [1.807, 2.05) is 78.3 Å². The van der Waals surface area contributed by atoms with Crippen LogP contribution in [0.4, 0.5) is 5.69 Å². The third-order valence-electron chi connectivity index (χ3n) is 5.62. The topological polar surface area (TPSA) is 92.7 Å². The van der Waals surface area contributed by atoms with E-state index >= 15 is 0 Å². The number of nitrogens with one attached hydrogen (secondary N) is 2. The number of amides is 1. The second kappa shape index (κ2) is 9.61. The van der Waals surface area contributed by atoms with Crippen LogP contribution in [0.15, 0.2) is 102 Å². The van der Waals surface area contributed by atoms with Gasteiger partial charge in [-0.15, -0.1) is 0 Å². The molecule has 0 radical (unpaired) electrons. The molecule has 0 saturated carbocycles. The van der Waals surface area contributed by atoms with Crippen molar-refractivity contribution in [3.05, 3.63) is 119 Å². The van der Waals surface area contributed by atoms with E-state index in [9.17, 15) is 9.59 Å². The SMILES string of the molecule is CCc1cc(=O)[nH]c(-c2cccc(NC(=O)c3cccc(-n4nccc4-c4ccccc4)c3)c2)n1. The van der Waals surface area contributed by atoms with Crippen LogP contribution in [-0.4, -0.2) is 25.7 Å². The number of carbonyl (C=O) groups is 1. The first kappa shape index (κ1) is 22.0. The van der Waals surface area contributed by atoms with Crippen LogP contribution in [0.5, 0.6) is 0 Å². The quantitative estimate of drug-likeness (QED) is 0.368. The second-order valence-corrected chi connectivity index (χ2v) is 8.02. The summed E-state index contributed by atoms with van der Waals surface area (Å²) in [7, 11) is 0. The number of anilines is 1. The van der Waals surface area contributed by atoms with E-state index in [2.05, 4.69) is 20.4 Å². The summed E-state index contributed by atoms with van der Waals surface area (Å²) < 4.78 is 1.81. The number of aryl methyl sites for hydroxylation is 1. The highest BCUT2D eigenvalue weighted by Crippen LogP contribution is 2.23. The molecule has 0 aliphatic heterocycles. The molecule has 7 heteroatoms. The number of nitrogens with zero attached hydrogens (tertiary/aromatic N) is 3. The van der Waals surface area contributed by atoms with Crippen LogP contribution in [0.1, 0.15) is 23.0 Å². The van der Waals surface area contributed by atoms with Crippen molar-refractivity contribution in [2.75, 3.05) is 5.32 Å². The molecule has 35 heavy (non-hydrogen) atoms. The summed E-state index contributed by atoms with van der Waals surface area (Å²) in [5.74, 6) is 0.223. The molecule has 2 aromatic heterocycles. The molecule has 0 aliphatic carbocycles. The average molecular weight is 462 g/mol. The number of carbonyl (C=O) groups excluding carboxylic acids is 1. The molecule has 0 saturated heterocycles. The van der Waals surface area contributed by atoms with Crippen molar-refractivity contribution in [1.82, 2.24) is 19.7 Å². The molecule has 3 aromatic carbocycles. The molecule has 0 bridgehead atoms. The number of benzene rings is 3. The van der Waals surface area contributed by atoms with Crippen molar-refractivity contribution in [2.24, 2.45) is 0 Å². The Kier molecular flexibility index (Phi) is 6.05. The van der Waals surface area contributed by atoms with E-state index in [1.54, 1.807) is 24.4 Å². The zero-order valence-electron chi connectivity index (χ0n) is 19.1. The van der Waals surface area contributed by atoms with Crippen LogP contribution in [-0.2, 0) is 6.42 Å². The van der Waals surface area contributed by atoms with Crippen LogP contribution in [0, 0.1) is 0 Å². The van der Waals surface area contributed by atoms with Gasteiger partial charge in [0.15, 0.2) is 0 Å². The first-order valence-corrected chi connectivity index (χ1v) is 11.3. The van der Waals surface area contributed by atoms with Gasteiger partial charge in [-0.05, 0) is 42.8 Å². The number of hydrogen-bond acceptors (Lipinski definition) is 4. The third-order valence-corrected chi connectivity index (χ3v) is 5.62. The number of rotatable bonds is 6. The summed E-state index contributed by atoms with van der Waals surface area (Å²) in [6.07, 6.45) is 2.40. The van der Waals surface area contributed by atoms with Crippen LogP contribution in [0.3, 0.4) is 0 Å². The lowest BCUT2D eigenvalue weighted by Gasteiger charge is -2.11. The maximum absolute atomic E-state index is 13.1. The molecule has 172 valence electrons. The molecule has 5 rings (SSSR count). The van der Waals surface area contributed by atoms with Crippen molar-refractivity contribution in [3.8, 4) is 28.3 Å². The normalized spacial score (nSPS) is 10.8. The van der Waals surface area contributed by atoms with Gasteiger partial charge < -0.3 is 10.3 Å². The molecule has 0 fully saturated rings. The smallest absolute Gasteiger partial charge is 0.255 e. The Labute approximate surface area is 202 Å². The highest BCUT2D eigenvalue weighted by molar-refractivity contribution is 6.04. The average Bonchev–Trinajstić information content (AvgIpc) is 3.39. The maximum atomic E-state index is 13.1. The molecule has 2 N–H and O–H groups in total. The fraction of sp³-hybridized carbons (Fsp3) is 0.0714. The largest absolute Gasteiger partial charge is 0.322 e. The Bertz CT molecular complexity index is 1550. The first-order chi connectivity index (χ1) is 17.1. The van der Waals surface area contributed by atoms with E-state index in [0.717, 1.165) is 16.9 Å². The fourth-order valence-electron chi connectivity index (χ4n) is 3.89. The van der Waals surface area contributed by atoms with Crippen LogP contribution >= 0.6 is 0 Å². The van der Waals surface area contributed by atoms with Gasteiger partial charge >= 0.3 is 0 Å². The zero-order valence-corrected chi connectivity index (χ0v) is 19.1. The Balaban J connectivity index is 1.40. The molecule has 7 nitrogen and oxygen atoms in total. The van der Waals surface area contributed by atoms with Gasteiger partial charge in [0.05, 0.1) is 17.6 Å². The van der Waals surface area contributed by atoms with Crippen LogP contribution < -0.4 is 10.9 Å². The summed E-state index contributed by atoms with van der Waals surface area (Å²) in [5, 5.41) is 7.40. The minimum absolute atomic E-state index is 0.202. The highest BCUT2D eigenvalue weighted by atomic mass is 16.1. The molecule has 1 amide bonds. The van der Waals surface area contributed by atoms with Gasteiger partial charge in [0.1, 0.15) is 5.82 Å². The number of hydrogen-bond donors (Lipinski definition) is 2. The Hall–Kier alpha value is -4.78. The summed E-state index contributed by atoms with van der Waals surface area (Å²) in [6, 6.07) is 28.0. The minimum atomic E-state index is -0.249. The van der Waals surface area contributed by atoms with Crippen molar-refractivity contribution in [3.63, 3.8) is 0 Å². The molecule has 0 spiro atoms. The lowest BCUT2D eigenvalue weighted by atomic mass is 10.1. The van der Waals surface area contributed by atoms with Gasteiger partial charge in [-0.1, -0.05) is 55.5 Å². The van der Waals surface area contributed by atoms with Gasteiger partial charge in [0.2, 0.25) is 0 Å². The van der Waals surface area contributed by atoms with E-state index in [-0.39, 0.29) is 11.5 Å². The summed E-state index contributed by atoms with van der Waals surface area (Å²) >= 11 is 0. The molecular formula is C28H23N5O2. The lowest BCUT2D eigenvalue weighted by Crippen LogP contribution is -2.13. The third kappa shape index (κ3) is 4.79. The van der Waals surface area contributed by atoms with E-state index in [4.69, 9.17) is 0 Å². The monoisotopic (exact) mass is 461 g/mol. The molecule has 0 atom stereocenters. The van der Waals surface area contributed by atoms with Crippen molar-refractivity contribution in [1.29, 1.82) is 0 Å². The minimum Gasteiger partial charge on any atom is -0.322 e. The summed E-state index contributed by atoms with van der Waals surface area (Å²) in [4.78, 5) is 32.3. The van der Waals surface area contributed by atoms with Crippen molar-refractivity contribution >= 4 is 11.6 Å². The van der Waals surface area contributed by atoms with Gasteiger partial charge in [-0.2, -0.15) is 5.10 Å². The van der Waals surface area contributed by atoms with Crippen molar-refractivity contribution < 1.29 is 4.79 Å². The Morgan fingerprint density at radius 2 is 1.71 bits per heavy atom. The first-order valence-electron chi connectivity index (χ1n) is 11.3. The Morgan fingerprint density at radius 3 is 2.54 bits per heavy atom. The Morgan fingerprint density at radius 1 is 0.914 bits per heavy atom. The molecule has 0 aliphatic rings. The van der Waals surface area contributed by atoms with Crippen LogP contribution in [0.25, 0.3) is 28.3 Å². The van der Waals surface area contributed by atoms with Gasteiger partial charge in [0, 0.05) is 34.1 Å². The van der Waals surface area contributed by atoms with E-state index in [0.29, 0.717) is 34.8 Å². The molecule has 0 unspecified atom stereocenters. The predicted octanol–water partition coefficient (Wildman–Crippen LogP) is 5.10. The standard InChI is InChI=1S/C28H23N5O2/c1-2-22-18-26(34)32-27(30-22)20-10-6-12-23(16-20)31-28(35)21-11-7-13-24(17-21)33-25(14-15-29-33)19-8-4-3-5-9-19/h3-18H,2H2,1H3,(H,31,35)(H,30,32,34). The van der Waals surface area contributed by atoms with E-state index < -0.39 is 0 Å². The van der Waals surface area contributed by atoms with Gasteiger partial charge in [0.25, 0.3) is 11.5 Å². The molecule has 5 aromatic rings. The molecular weight excluding hydrogens is 438 g/mol. The summed E-state index contributed by atoms with van der Waals surface area (Å²) in [5.41, 5.74) is 5.09. The van der Waals surface area contributed by atoms with Crippen LogP contribution in [0.2, 0.25) is 0 Å². The van der Waals surface area contributed by atoms with Gasteiger partial charge in [-0.3, -0.25) is 9.59 Å². The zero-order chi connectivity index (χ0) is 24.2. The number of H-pyrrole nitrogens is 1. The van der Waals surface area contributed by atoms with Gasteiger partial charge in [-0.25, -0.2) is 9.67 Å². The summed E-state index contributed by atoms with van der Waals surface area (Å²) in [6.45, 7) is 1.95. The van der Waals surface area contributed by atoms with E-state index in [1.165, 1.54) is 6.07 Å². The maximum Gasteiger partial charge on any atom is 0.255 e. The predicted molar refractivity (Wildman–Crippen MR) is 137 cm³/mol. The molecule has 2 heterocycles. The van der Waals surface area contributed by atoms with Crippen molar-refractivity contribution in [2.45, 2.75) is 13.3 Å².